The van der Waals surface area contributed by atoms with Gasteiger partial charge in [0.05, 0.1) is 5.69 Å². The summed E-state index contributed by atoms with van der Waals surface area (Å²) in [6.07, 6.45) is 9.61. The molecule has 0 saturated heterocycles. The number of hydrogen-bond acceptors (Lipinski definition) is 3. The number of ether oxygens (including phenoxy) is 1. The predicted molar refractivity (Wildman–Crippen MR) is 83.0 cm³/mol. The van der Waals surface area contributed by atoms with E-state index in [0.29, 0.717) is 11.7 Å². The van der Waals surface area contributed by atoms with Crippen LogP contribution in [0.1, 0.15) is 52.4 Å². The number of fused-ring (bicyclic) bond motifs is 1. The molecule has 0 saturated carbocycles. The lowest BCUT2D eigenvalue weighted by atomic mass is 9.96. The van der Waals surface area contributed by atoms with Crippen LogP contribution in [0.4, 0.5) is 5.69 Å². The summed E-state index contributed by atoms with van der Waals surface area (Å²) >= 11 is 0. The number of allylic oxidation sites excluding steroid dienone is 1. The first-order chi connectivity index (χ1) is 9.72. The minimum atomic E-state index is 0.236. The predicted octanol–water partition coefficient (Wildman–Crippen LogP) is 5.03. The number of anilines is 1. The van der Waals surface area contributed by atoms with Crippen molar-refractivity contribution in [3.05, 3.63) is 30.2 Å². The van der Waals surface area contributed by atoms with Crippen molar-refractivity contribution in [3.63, 3.8) is 0 Å². The van der Waals surface area contributed by atoms with Crippen molar-refractivity contribution in [2.24, 2.45) is 5.92 Å². The summed E-state index contributed by atoms with van der Waals surface area (Å²) in [5.41, 5.74) is 0.929. The average Bonchev–Trinajstić information content (AvgIpc) is 2.83. The van der Waals surface area contributed by atoms with Gasteiger partial charge in [-0.1, -0.05) is 39.5 Å². The Morgan fingerprint density at radius 3 is 2.55 bits per heavy atom. The number of phenolic OH excluding ortho intramolecular Hbond substituents is 1. The van der Waals surface area contributed by atoms with Crippen LogP contribution in [-0.2, 0) is 0 Å². The van der Waals surface area contributed by atoms with E-state index in [9.17, 15) is 5.11 Å². The number of rotatable bonds is 7. The summed E-state index contributed by atoms with van der Waals surface area (Å²) in [4.78, 5) is 0. The van der Waals surface area contributed by atoms with Crippen LogP contribution < -0.4 is 10.1 Å². The first-order valence-corrected chi connectivity index (χ1v) is 7.72. The lowest BCUT2D eigenvalue weighted by Crippen LogP contribution is -2.04. The third kappa shape index (κ3) is 3.92. The van der Waals surface area contributed by atoms with Gasteiger partial charge >= 0.3 is 0 Å². The lowest BCUT2D eigenvalue weighted by Gasteiger charge is -2.12. The fourth-order valence-electron chi connectivity index (χ4n) is 2.51. The minimum absolute atomic E-state index is 0.236. The maximum atomic E-state index is 9.47. The zero-order chi connectivity index (χ0) is 14.4. The van der Waals surface area contributed by atoms with Gasteiger partial charge < -0.3 is 15.2 Å². The lowest BCUT2D eigenvalue weighted by molar-refractivity contribution is 0.425. The van der Waals surface area contributed by atoms with Crippen molar-refractivity contribution in [2.45, 2.75) is 52.4 Å². The topological polar surface area (TPSA) is 41.5 Å². The highest BCUT2D eigenvalue weighted by Gasteiger charge is 2.18. The molecule has 1 aromatic carbocycles. The standard InChI is InChI=1S/C17H25NO2/c1-3-5-7-13(8-6-4-2)11-17-18-15-10-9-14(19)12-16(15)20-17/h9-13,18-19H,3-8H2,1-2H3/b17-11+. The van der Waals surface area contributed by atoms with Gasteiger partial charge in [0.1, 0.15) is 5.75 Å². The van der Waals surface area contributed by atoms with E-state index in [1.807, 2.05) is 6.07 Å². The third-order valence-corrected chi connectivity index (χ3v) is 3.69. The van der Waals surface area contributed by atoms with Crippen molar-refractivity contribution in [2.75, 3.05) is 5.32 Å². The molecule has 20 heavy (non-hydrogen) atoms. The molecular formula is C17H25NO2. The molecule has 0 radical (unpaired) electrons. The van der Waals surface area contributed by atoms with Crippen LogP contribution >= 0.6 is 0 Å². The Morgan fingerprint density at radius 2 is 1.90 bits per heavy atom. The molecular weight excluding hydrogens is 250 g/mol. The molecule has 2 rings (SSSR count). The number of unbranched alkanes of at least 4 members (excludes halogenated alkanes) is 2. The highest BCUT2D eigenvalue weighted by molar-refractivity contribution is 5.65. The molecule has 0 amide bonds. The van der Waals surface area contributed by atoms with Crippen molar-refractivity contribution < 1.29 is 9.84 Å². The number of aromatic hydroxyl groups is 1. The van der Waals surface area contributed by atoms with Crippen molar-refractivity contribution in [1.82, 2.24) is 0 Å². The monoisotopic (exact) mass is 275 g/mol. The van der Waals surface area contributed by atoms with Crippen molar-refractivity contribution >= 4 is 5.69 Å². The molecule has 2 N–H and O–H groups in total. The van der Waals surface area contributed by atoms with Crippen LogP contribution in [0.2, 0.25) is 0 Å². The molecule has 0 aromatic heterocycles. The van der Waals surface area contributed by atoms with Gasteiger partial charge in [0.2, 0.25) is 0 Å². The van der Waals surface area contributed by atoms with E-state index in [-0.39, 0.29) is 5.75 Å². The van der Waals surface area contributed by atoms with E-state index in [0.717, 1.165) is 11.6 Å². The van der Waals surface area contributed by atoms with Gasteiger partial charge in [-0.15, -0.1) is 0 Å². The molecule has 1 heterocycles. The largest absolute Gasteiger partial charge is 0.508 e. The number of benzene rings is 1. The Kier molecular flexibility index (Phi) is 5.33. The smallest absolute Gasteiger partial charge is 0.194 e. The molecule has 3 heteroatoms. The average molecular weight is 275 g/mol. The summed E-state index contributed by atoms with van der Waals surface area (Å²) in [5, 5.41) is 12.7. The Bertz CT molecular complexity index is 460. The first-order valence-electron chi connectivity index (χ1n) is 7.72. The second kappa shape index (κ2) is 7.22. The van der Waals surface area contributed by atoms with Gasteiger partial charge in [-0.05, 0) is 37.0 Å². The third-order valence-electron chi connectivity index (χ3n) is 3.69. The molecule has 0 bridgehead atoms. The summed E-state index contributed by atoms with van der Waals surface area (Å²) in [6, 6.07) is 5.17. The number of phenols is 1. The zero-order valence-corrected chi connectivity index (χ0v) is 12.5. The molecule has 1 aliphatic rings. The second-order valence-corrected chi connectivity index (χ2v) is 5.48. The summed E-state index contributed by atoms with van der Waals surface area (Å²) in [5.74, 6) is 2.32. The normalized spacial score (nSPS) is 15.2. The van der Waals surface area contributed by atoms with Gasteiger partial charge in [-0.2, -0.15) is 0 Å². The van der Waals surface area contributed by atoms with Crippen LogP contribution in [0.3, 0.4) is 0 Å². The summed E-state index contributed by atoms with van der Waals surface area (Å²) in [7, 11) is 0. The molecule has 0 spiro atoms. The summed E-state index contributed by atoms with van der Waals surface area (Å²) < 4.78 is 5.77. The molecule has 3 nitrogen and oxygen atoms in total. The van der Waals surface area contributed by atoms with Crippen LogP contribution in [0, 0.1) is 5.92 Å². The molecule has 0 unspecified atom stereocenters. The van der Waals surface area contributed by atoms with Gasteiger partial charge in [0, 0.05) is 6.07 Å². The maximum Gasteiger partial charge on any atom is 0.194 e. The van der Waals surface area contributed by atoms with Crippen LogP contribution in [0.5, 0.6) is 11.5 Å². The number of hydrogen-bond donors (Lipinski definition) is 2. The van der Waals surface area contributed by atoms with E-state index in [4.69, 9.17) is 4.74 Å². The molecule has 0 atom stereocenters. The molecule has 1 aromatic rings. The van der Waals surface area contributed by atoms with Gasteiger partial charge in [-0.25, -0.2) is 0 Å². The fraction of sp³-hybridized carbons (Fsp3) is 0.529. The van der Waals surface area contributed by atoms with Gasteiger partial charge in [0.25, 0.3) is 0 Å². The fourth-order valence-corrected chi connectivity index (χ4v) is 2.51. The Hall–Kier alpha value is -1.64. The Labute approximate surface area is 121 Å². The first kappa shape index (κ1) is 14.8. The van der Waals surface area contributed by atoms with Gasteiger partial charge in [-0.3, -0.25) is 0 Å². The van der Waals surface area contributed by atoms with Crippen molar-refractivity contribution in [3.8, 4) is 11.5 Å². The van der Waals surface area contributed by atoms with Crippen LogP contribution in [-0.4, -0.2) is 5.11 Å². The van der Waals surface area contributed by atoms with E-state index in [2.05, 4.69) is 25.2 Å². The van der Waals surface area contributed by atoms with Crippen LogP contribution in [0.15, 0.2) is 30.2 Å². The van der Waals surface area contributed by atoms with E-state index >= 15 is 0 Å². The van der Waals surface area contributed by atoms with Gasteiger partial charge in [0.15, 0.2) is 11.6 Å². The highest BCUT2D eigenvalue weighted by Crippen LogP contribution is 2.36. The quantitative estimate of drug-likeness (QED) is 0.685. The van der Waals surface area contributed by atoms with E-state index in [1.54, 1.807) is 12.1 Å². The maximum absolute atomic E-state index is 9.47. The van der Waals surface area contributed by atoms with Crippen molar-refractivity contribution in [1.29, 1.82) is 0 Å². The zero-order valence-electron chi connectivity index (χ0n) is 12.5. The minimum Gasteiger partial charge on any atom is -0.508 e. The van der Waals surface area contributed by atoms with E-state index in [1.165, 1.54) is 38.5 Å². The van der Waals surface area contributed by atoms with Crippen LogP contribution in [0.25, 0.3) is 0 Å². The highest BCUT2D eigenvalue weighted by atomic mass is 16.5. The molecule has 0 aliphatic carbocycles. The summed E-state index contributed by atoms with van der Waals surface area (Å²) in [6.45, 7) is 4.46. The second-order valence-electron chi connectivity index (χ2n) is 5.48. The Morgan fingerprint density at radius 1 is 1.20 bits per heavy atom. The molecule has 0 fully saturated rings. The SMILES string of the molecule is CCCCC(/C=C1\Nc2ccc(O)cc2O1)CCCC. The Balaban J connectivity index is 2.02. The van der Waals surface area contributed by atoms with E-state index < -0.39 is 0 Å². The number of nitrogens with one attached hydrogen (secondary N) is 1. The molecule has 110 valence electrons. The molecule has 1 aliphatic heterocycles.